The maximum atomic E-state index is 6.18. The largest absolute Gasteiger partial charge is 0.378 e. The normalized spacial score (nSPS) is 11.0. The summed E-state index contributed by atoms with van der Waals surface area (Å²) in [6.45, 7) is 0.355. The fourth-order valence-electron chi connectivity index (χ4n) is 2.10. The fourth-order valence-corrected chi connectivity index (χ4v) is 2.58. The molecule has 0 saturated carbocycles. The van der Waals surface area contributed by atoms with E-state index >= 15 is 0 Å². The van der Waals surface area contributed by atoms with Gasteiger partial charge in [-0.1, -0.05) is 29.8 Å². The molecular formula is C15H11BrClN3O. The van der Waals surface area contributed by atoms with Gasteiger partial charge in [-0.3, -0.25) is 4.98 Å². The zero-order valence-electron chi connectivity index (χ0n) is 11.2. The van der Waals surface area contributed by atoms with Crippen LogP contribution in [0.15, 0.2) is 41.0 Å². The van der Waals surface area contributed by atoms with Crippen LogP contribution in [0.2, 0.25) is 5.15 Å². The first-order valence-corrected chi connectivity index (χ1v) is 7.42. The van der Waals surface area contributed by atoms with Crippen LogP contribution < -0.4 is 0 Å². The minimum Gasteiger partial charge on any atom is -0.378 e. The third-order valence-corrected chi connectivity index (χ3v) is 4.37. The van der Waals surface area contributed by atoms with E-state index in [1.54, 1.807) is 13.3 Å². The van der Waals surface area contributed by atoms with Gasteiger partial charge >= 0.3 is 0 Å². The Morgan fingerprint density at radius 2 is 2.00 bits per heavy atom. The number of halogens is 2. The van der Waals surface area contributed by atoms with E-state index in [4.69, 9.17) is 16.3 Å². The Hall–Kier alpha value is -1.56. The van der Waals surface area contributed by atoms with Crippen LogP contribution in [0.1, 0.15) is 5.69 Å². The van der Waals surface area contributed by atoms with Crippen LogP contribution in [-0.2, 0) is 11.3 Å². The van der Waals surface area contributed by atoms with E-state index in [2.05, 4.69) is 30.9 Å². The second-order valence-electron chi connectivity index (χ2n) is 4.41. The van der Waals surface area contributed by atoms with Crippen LogP contribution in [0.3, 0.4) is 0 Å². The summed E-state index contributed by atoms with van der Waals surface area (Å²) in [5, 5.41) is 1.39. The number of hydrogen-bond donors (Lipinski definition) is 0. The molecule has 2 heterocycles. The van der Waals surface area contributed by atoms with Crippen molar-refractivity contribution < 1.29 is 4.74 Å². The fraction of sp³-hybridized carbons (Fsp3) is 0.133. The zero-order chi connectivity index (χ0) is 14.8. The predicted molar refractivity (Wildman–Crippen MR) is 86.2 cm³/mol. The van der Waals surface area contributed by atoms with Gasteiger partial charge in [0.05, 0.1) is 22.3 Å². The highest BCUT2D eigenvalue weighted by molar-refractivity contribution is 9.10. The van der Waals surface area contributed by atoms with Crippen LogP contribution in [0.4, 0.5) is 0 Å². The number of ether oxygens (including phenoxy) is 1. The molecule has 0 fully saturated rings. The predicted octanol–water partition coefficient (Wildman–Crippen LogP) is 4.25. The van der Waals surface area contributed by atoms with Gasteiger partial charge in [-0.2, -0.15) is 0 Å². The lowest BCUT2D eigenvalue weighted by Gasteiger charge is -2.09. The average molecular weight is 365 g/mol. The van der Waals surface area contributed by atoms with Crippen molar-refractivity contribution in [3.05, 3.63) is 51.8 Å². The first kappa shape index (κ1) is 14.4. The summed E-state index contributed by atoms with van der Waals surface area (Å²) >= 11 is 9.57. The summed E-state index contributed by atoms with van der Waals surface area (Å²) in [7, 11) is 1.61. The molecule has 0 aliphatic carbocycles. The van der Waals surface area contributed by atoms with Crippen molar-refractivity contribution in [1.29, 1.82) is 0 Å². The summed E-state index contributed by atoms with van der Waals surface area (Å²) in [6, 6.07) is 9.79. The number of pyridine rings is 1. The molecule has 1 aromatic carbocycles. The monoisotopic (exact) mass is 363 g/mol. The van der Waals surface area contributed by atoms with E-state index in [1.165, 1.54) is 0 Å². The van der Waals surface area contributed by atoms with Crippen molar-refractivity contribution in [2.24, 2.45) is 0 Å². The molecule has 3 aromatic rings. The second kappa shape index (κ2) is 6.05. The van der Waals surface area contributed by atoms with Crippen LogP contribution in [-0.4, -0.2) is 22.1 Å². The Kier molecular flexibility index (Phi) is 4.14. The van der Waals surface area contributed by atoms with Gasteiger partial charge in [0.2, 0.25) is 0 Å². The van der Waals surface area contributed by atoms with Gasteiger partial charge in [-0.15, -0.1) is 0 Å². The van der Waals surface area contributed by atoms with Crippen molar-refractivity contribution in [3.63, 3.8) is 0 Å². The molecule has 0 aliphatic rings. The maximum absolute atomic E-state index is 6.18. The van der Waals surface area contributed by atoms with E-state index in [1.807, 2.05) is 30.3 Å². The summed E-state index contributed by atoms with van der Waals surface area (Å²) < 4.78 is 5.80. The summed E-state index contributed by atoms with van der Waals surface area (Å²) in [4.78, 5) is 13.3. The molecule has 0 bridgehead atoms. The van der Waals surface area contributed by atoms with E-state index in [0.717, 1.165) is 16.5 Å². The molecule has 0 amide bonds. The zero-order valence-corrected chi connectivity index (χ0v) is 13.5. The van der Waals surface area contributed by atoms with Crippen LogP contribution >= 0.6 is 27.5 Å². The Morgan fingerprint density at radius 1 is 1.19 bits per heavy atom. The van der Waals surface area contributed by atoms with Crippen LogP contribution in [0.5, 0.6) is 0 Å². The standard InChI is InChI=1S/C15H11BrClN3O/c1-21-8-11-12(16)14(17)20-15(19-11)10-6-2-4-9-5-3-7-18-13(9)10/h2-7H,8H2,1H3. The van der Waals surface area contributed by atoms with Gasteiger partial charge in [0.1, 0.15) is 5.15 Å². The number of fused-ring (bicyclic) bond motifs is 1. The highest BCUT2D eigenvalue weighted by atomic mass is 79.9. The smallest absolute Gasteiger partial charge is 0.163 e. The molecule has 106 valence electrons. The van der Waals surface area contributed by atoms with Crippen LogP contribution in [0.25, 0.3) is 22.3 Å². The first-order valence-electron chi connectivity index (χ1n) is 6.25. The quantitative estimate of drug-likeness (QED) is 0.652. The first-order chi connectivity index (χ1) is 10.2. The van der Waals surface area contributed by atoms with E-state index in [-0.39, 0.29) is 0 Å². The lowest BCUT2D eigenvalue weighted by atomic mass is 10.1. The Labute approximate surface area is 135 Å². The Morgan fingerprint density at radius 3 is 2.81 bits per heavy atom. The summed E-state index contributed by atoms with van der Waals surface area (Å²) in [6.07, 6.45) is 1.75. The molecule has 21 heavy (non-hydrogen) atoms. The lowest BCUT2D eigenvalue weighted by Crippen LogP contribution is -2.00. The van der Waals surface area contributed by atoms with Crippen molar-refractivity contribution >= 4 is 38.4 Å². The third kappa shape index (κ3) is 2.77. The molecule has 0 N–H and O–H groups in total. The molecule has 0 unspecified atom stereocenters. The third-order valence-electron chi connectivity index (χ3n) is 3.03. The number of rotatable bonds is 3. The van der Waals surface area contributed by atoms with Crippen molar-refractivity contribution in [2.45, 2.75) is 6.61 Å². The second-order valence-corrected chi connectivity index (χ2v) is 5.56. The van der Waals surface area contributed by atoms with Crippen molar-refractivity contribution in [1.82, 2.24) is 15.0 Å². The molecule has 0 atom stereocenters. The molecule has 4 nitrogen and oxygen atoms in total. The summed E-state index contributed by atoms with van der Waals surface area (Å²) in [5.74, 6) is 0.541. The van der Waals surface area contributed by atoms with Gasteiger partial charge in [0, 0.05) is 24.3 Å². The number of aromatic nitrogens is 3. The SMILES string of the molecule is COCc1nc(-c2cccc3cccnc23)nc(Cl)c1Br. The topological polar surface area (TPSA) is 47.9 Å². The van der Waals surface area contributed by atoms with Gasteiger partial charge in [0.25, 0.3) is 0 Å². The minimum atomic E-state index is 0.355. The molecule has 3 rings (SSSR count). The molecule has 0 aliphatic heterocycles. The maximum Gasteiger partial charge on any atom is 0.163 e. The van der Waals surface area contributed by atoms with Gasteiger partial charge < -0.3 is 4.74 Å². The van der Waals surface area contributed by atoms with E-state index in [9.17, 15) is 0 Å². The number of benzene rings is 1. The molecule has 2 aromatic heterocycles. The lowest BCUT2D eigenvalue weighted by molar-refractivity contribution is 0.181. The molecular weight excluding hydrogens is 354 g/mol. The number of methoxy groups -OCH3 is 1. The molecule has 6 heteroatoms. The van der Waals surface area contributed by atoms with E-state index in [0.29, 0.717) is 27.8 Å². The molecule has 0 radical (unpaired) electrons. The highest BCUT2D eigenvalue weighted by Crippen LogP contribution is 2.30. The number of hydrogen-bond acceptors (Lipinski definition) is 4. The Balaban J connectivity index is 2.23. The Bertz CT molecular complexity index is 805. The van der Waals surface area contributed by atoms with Gasteiger partial charge in [0.15, 0.2) is 5.82 Å². The molecule has 0 spiro atoms. The molecule has 0 saturated heterocycles. The van der Waals surface area contributed by atoms with Gasteiger partial charge in [-0.05, 0) is 28.1 Å². The number of para-hydroxylation sites is 1. The van der Waals surface area contributed by atoms with Gasteiger partial charge in [-0.25, -0.2) is 9.97 Å². The minimum absolute atomic E-state index is 0.355. The highest BCUT2D eigenvalue weighted by Gasteiger charge is 2.14. The van der Waals surface area contributed by atoms with Crippen molar-refractivity contribution in [3.8, 4) is 11.4 Å². The van der Waals surface area contributed by atoms with E-state index < -0.39 is 0 Å². The number of nitrogens with zero attached hydrogens (tertiary/aromatic N) is 3. The summed E-state index contributed by atoms with van der Waals surface area (Å²) in [5.41, 5.74) is 2.40. The van der Waals surface area contributed by atoms with Crippen LogP contribution in [0, 0.1) is 0 Å². The average Bonchev–Trinajstić information content (AvgIpc) is 2.51. The van der Waals surface area contributed by atoms with Crippen molar-refractivity contribution in [2.75, 3.05) is 7.11 Å².